The van der Waals surface area contributed by atoms with Crippen molar-refractivity contribution in [1.29, 1.82) is 0 Å². The Morgan fingerprint density at radius 3 is 2.19 bits per heavy atom. The molecule has 0 aliphatic carbocycles. The van der Waals surface area contributed by atoms with E-state index in [4.69, 9.17) is 9.47 Å². The summed E-state index contributed by atoms with van der Waals surface area (Å²) in [5.41, 5.74) is 2.29. The summed E-state index contributed by atoms with van der Waals surface area (Å²) in [4.78, 5) is 24.7. The van der Waals surface area contributed by atoms with Gasteiger partial charge in [-0.2, -0.15) is 0 Å². The zero-order valence-corrected chi connectivity index (χ0v) is 19.7. The number of aliphatic hydroxyl groups excluding tert-OH is 1. The van der Waals surface area contributed by atoms with Gasteiger partial charge in [-0.1, -0.05) is 57.4 Å². The maximum absolute atomic E-state index is 11.3. The monoisotopic (exact) mass is 446 g/mol. The summed E-state index contributed by atoms with van der Waals surface area (Å²) >= 11 is 1.64. The number of hydrogen-bond donors (Lipinski definition) is 1. The van der Waals surface area contributed by atoms with E-state index in [-0.39, 0.29) is 12.0 Å². The minimum atomic E-state index is -0.859. The smallest absolute Gasteiger partial charge is 0.305 e. The zero-order chi connectivity index (χ0) is 22.8. The van der Waals surface area contributed by atoms with Crippen molar-refractivity contribution in [3.8, 4) is 10.4 Å². The molecule has 1 heterocycles. The molecule has 0 spiro atoms. The van der Waals surface area contributed by atoms with E-state index < -0.39 is 18.2 Å². The molecule has 0 bridgehead atoms. The van der Waals surface area contributed by atoms with Crippen molar-refractivity contribution >= 4 is 23.3 Å². The minimum absolute atomic E-state index is 0.110. The molecule has 5 nitrogen and oxygen atoms in total. The molecule has 2 atom stereocenters. The van der Waals surface area contributed by atoms with Crippen molar-refractivity contribution in [3.05, 3.63) is 46.8 Å². The number of carbonyl (C=O) groups excluding carboxylic acids is 2. The van der Waals surface area contributed by atoms with E-state index in [0.29, 0.717) is 0 Å². The molecule has 2 rings (SSSR count). The van der Waals surface area contributed by atoms with Crippen LogP contribution in [0.3, 0.4) is 0 Å². The van der Waals surface area contributed by atoms with Crippen LogP contribution in [0.25, 0.3) is 10.4 Å². The molecular formula is C25H34O5S. The topological polar surface area (TPSA) is 72.8 Å². The first-order chi connectivity index (χ1) is 14.8. The van der Waals surface area contributed by atoms with Crippen LogP contribution in [0.4, 0.5) is 0 Å². The fourth-order valence-electron chi connectivity index (χ4n) is 3.37. The van der Waals surface area contributed by atoms with Gasteiger partial charge in [-0.25, -0.2) is 0 Å². The Morgan fingerprint density at radius 1 is 0.968 bits per heavy atom. The highest BCUT2D eigenvalue weighted by Crippen LogP contribution is 2.33. The molecule has 0 saturated heterocycles. The van der Waals surface area contributed by atoms with Gasteiger partial charge in [0.25, 0.3) is 0 Å². The number of unbranched alkanes of at least 4 members (excludes halogenated alkanes) is 2. The van der Waals surface area contributed by atoms with Crippen LogP contribution in [0.15, 0.2) is 36.4 Å². The Morgan fingerprint density at radius 2 is 1.61 bits per heavy atom. The number of aliphatic hydroxyl groups is 1. The van der Waals surface area contributed by atoms with Gasteiger partial charge in [0.05, 0.1) is 6.10 Å². The zero-order valence-electron chi connectivity index (χ0n) is 18.9. The molecule has 0 amide bonds. The maximum atomic E-state index is 11.3. The number of carbonyl (C=O) groups is 2. The van der Waals surface area contributed by atoms with Crippen LogP contribution in [0.2, 0.25) is 0 Å². The summed E-state index contributed by atoms with van der Waals surface area (Å²) in [5.74, 6) is -1.04. The molecule has 2 unspecified atom stereocenters. The quantitative estimate of drug-likeness (QED) is 0.244. The molecule has 0 saturated carbocycles. The second kappa shape index (κ2) is 12.6. The van der Waals surface area contributed by atoms with Gasteiger partial charge in [-0.15, -0.1) is 11.3 Å². The first-order valence-electron chi connectivity index (χ1n) is 11.0. The molecular weight excluding hydrogens is 412 g/mol. The van der Waals surface area contributed by atoms with Gasteiger partial charge in [0.2, 0.25) is 6.29 Å². The fraction of sp³-hybridized carbons (Fsp3) is 0.520. The number of aryl methyl sites for hydroxylation is 1. The van der Waals surface area contributed by atoms with Crippen molar-refractivity contribution in [2.24, 2.45) is 5.92 Å². The lowest BCUT2D eigenvalue weighted by Crippen LogP contribution is -2.29. The highest BCUT2D eigenvalue weighted by molar-refractivity contribution is 7.15. The first-order valence-corrected chi connectivity index (χ1v) is 11.8. The lowest BCUT2D eigenvalue weighted by molar-refractivity contribution is -0.194. The van der Waals surface area contributed by atoms with Crippen LogP contribution >= 0.6 is 11.3 Å². The van der Waals surface area contributed by atoms with Crippen molar-refractivity contribution in [3.63, 3.8) is 0 Å². The highest BCUT2D eigenvalue weighted by Gasteiger charge is 2.23. The predicted octanol–water partition coefficient (Wildman–Crippen LogP) is 6.05. The third-order valence-corrected chi connectivity index (χ3v) is 6.43. The van der Waals surface area contributed by atoms with Gasteiger partial charge in [0.15, 0.2) is 0 Å². The molecule has 0 aliphatic rings. The van der Waals surface area contributed by atoms with Crippen LogP contribution < -0.4 is 0 Å². The average molecular weight is 447 g/mol. The summed E-state index contributed by atoms with van der Waals surface area (Å²) < 4.78 is 10.3. The van der Waals surface area contributed by atoms with Crippen LogP contribution in [0.1, 0.15) is 76.3 Å². The third kappa shape index (κ3) is 8.46. The van der Waals surface area contributed by atoms with E-state index in [9.17, 15) is 14.7 Å². The Balaban J connectivity index is 1.93. The van der Waals surface area contributed by atoms with Gasteiger partial charge >= 0.3 is 11.9 Å². The van der Waals surface area contributed by atoms with Crippen LogP contribution in [-0.4, -0.2) is 23.3 Å². The normalized spacial score (nSPS) is 13.1. The molecule has 0 fully saturated rings. The number of esters is 2. The second-order valence-electron chi connectivity index (χ2n) is 8.01. The number of thiophene rings is 1. The number of hydrogen-bond acceptors (Lipinski definition) is 6. The SMILES string of the molecule is CCCCCC(O)c1ccc(-c2ccc(CCC(C)C(OC(C)=O)OC(C)=O)cc2)s1. The number of rotatable bonds is 12. The molecule has 0 aliphatic heterocycles. The van der Waals surface area contributed by atoms with Gasteiger partial charge in [0, 0.05) is 29.5 Å². The van der Waals surface area contributed by atoms with Crippen LogP contribution in [0, 0.1) is 5.92 Å². The summed E-state index contributed by atoms with van der Waals surface area (Å²) in [6.45, 7) is 6.69. The predicted molar refractivity (Wildman–Crippen MR) is 124 cm³/mol. The lowest BCUT2D eigenvalue weighted by atomic mass is 9.99. The molecule has 0 radical (unpaired) electrons. The van der Waals surface area contributed by atoms with Crippen molar-refractivity contribution < 1.29 is 24.2 Å². The molecule has 2 aromatic rings. The average Bonchev–Trinajstić information content (AvgIpc) is 3.21. The van der Waals surface area contributed by atoms with Gasteiger partial charge in [-0.05, 0) is 42.5 Å². The van der Waals surface area contributed by atoms with E-state index in [1.807, 2.05) is 13.0 Å². The van der Waals surface area contributed by atoms with Crippen molar-refractivity contribution in [2.75, 3.05) is 0 Å². The Labute approximate surface area is 189 Å². The summed E-state index contributed by atoms with van der Waals surface area (Å²) in [6.07, 6.45) is 4.43. The number of ether oxygens (including phenoxy) is 2. The molecule has 1 N–H and O–H groups in total. The molecule has 170 valence electrons. The van der Waals surface area contributed by atoms with E-state index >= 15 is 0 Å². The third-order valence-electron chi connectivity index (χ3n) is 5.19. The summed E-state index contributed by atoms with van der Waals surface area (Å²) in [7, 11) is 0. The first kappa shape index (κ1) is 25.1. The Hall–Kier alpha value is -2.18. The van der Waals surface area contributed by atoms with Gasteiger partial charge in [0.1, 0.15) is 0 Å². The van der Waals surface area contributed by atoms with E-state index in [1.165, 1.54) is 13.8 Å². The maximum Gasteiger partial charge on any atom is 0.305 e. The highest BCUT2D eigenvalue weighted by atomic mass is 32.1. The number of benzene rings is 1. The molecule has 6 heteroatoms. The van der Waals surface area contributed by atoms with Crippen molar-refractivity contribution in [1.82, 2.24) is 0 Å². The van der Waals surface area contributed by atoms with E-state index in [2.05, 4.69) is 37.3 Å². The van der Waals surface area contributed by atoms with Gasteiger partial charge in [-0.3, -0.25) is 9.59 Å². The molecule has 31 heavy (non-hydrogen) atoms. The van der Waals surface area contributed by atoms with E-state index in [1.54, 1.807) is 11.3 Å². The largest absolute Gasteiger partial charge is 0.425 e. The van der Waals surface area contributed by atoms with Gasteiger partial charge < -0.3 is 14.6 Å². The van der Waals surface area contributed by atoms with Crippen molar-refractivity contribution in [2.45, 2.75) is 78.6 Å². The fourth-order valence-corrected chi connectivity index (χ4v) is 4.40. The standard InChI is InChI=1S/C25H34O5S/c1-5-6-7-8-22(28)24-16-15-23(31-24)21-13-11-20(12-14-21)10-9-17(2)25(29-18(3)26)30-19(4)27/h11-17,22,25,28H,5-10H2,1-4H3. The second-order valence-corrected chi connectivity index (χ2v) is 9.13. The van der Waals surface area contributed by atoms with E-state index in [0.717, 1.165) is 59.4 Å². The summed E-state index contributed by atoms with van der Waals surface area (Å²) in [6, 6.07) is 12.5. The molecule has 1 aromatic carbocycles. The lowest BCUT2D eigenvalue weighted by Gasteiger charge is -2.22. The summed E-state index contributed by atoms with van der Waals surface area (Å²) in [5, 5.41) is 10.4. The van der Waals surface area contributed by atoms with Crippen LogP contribution in [0.5, 0.6) is 0 Å². The molecule has 1 aromatic heterocycles. The van der Waals surface area contributed by atoms with Crippen LogP contribution in [-0.2, 0) is 25.5 Å². The minimum Gasteiger partial charge on any atom is -0.425 e. The Kier molecular flexibility index (Phi) is 10.2. The Bertz CT molecular complexity index is 811.